The first-order chi connectivity index (χ1) is 12.6. The number of carbonyl (C=O) groups excluding carboxylic acids is 2. The summed E-state index contributed by atoms with van der Waals surface area (Å²) >= 11 is 0.149. The summed E-state index contributed by atoms with van der Waals surface area (Å²) in [5.41, 5.74) is 0. The van der Waals surface area contributed by atoms with Gasteiger partial charge in [0.25, 0.3) is 0 Å². The maximum absolute atomic E-state index is 10.1. The average molecular weight is 474 g/mol. The van der Waals surface area contributed by atoms with E-state index >= 15 is 0 Å². The zero-order valence-electron chi connectivity index (χ0n) is 17.5. The second-order valence-electron chi connectivity index (χ2n) is 6.50. The van der Waals surface area contributed by atoms with Gasteiger partial charge in [-0.1, -0.05) is 58.3 Å². The van der Waals surface area contributed by atoms with E-state index in [4.69, 9.17) is 10.2 Å². The molecule has 0 unspecified atom stereocenters. The third-order valence-corrected chi connectivity index (χ3v) is 7.93. The summed E-state index contributed by atoms with van der Waals surface area (Å²) in [6.07, 6.45) is 17.5. The quantitative estimate of drug-likeness (QED) is 0.125. The Morgan fingerprint density at radius 1 is 0.769 bits per heavy atom. The van der Waals surface area contributed by atoms with E-state index in [2.05, 4.69) is 20.8 Å². The number of aliphatic carboxylic acids is 1. The molecule has 0 bridgehead atoms. The van der Waals surface area contributed by atoms with Gasteiger partial charge >= 0.3 is 69.5 Å². The first kappa shape index (κ1) is 30.4. The summed E-state index contributed by atoms with van der Waals surface area (Å²) in [6, 6.07) is 0. The minimum absolute atomic E-state index is 0.149. The number of nitrogens with zero attached hydrogens (tertiary/aromatic N) is 1. The molecule has 0 aromatic carbocycles. The molecule has 0 saturated heterocycles. The van der Waals surface area contributed by atoms with Crippen molar-refractivity contribution in [2.45, 2.75) is 120 Å². The molecule has 0 rings (SSSR count). The molecule has 0 fully saturated rings. The molecule has 0 aromatic rings. The smallest absolute Gasteiger partial charge is 0.0159 e. The molecule has 0 atom stereocenters. The summed E-state index contributed by atoms with van der Waals surface area (Å²) < 4.78 is 3.25. The van der Waals surface area contributed by atoms with E-state index in [0.717, 1.165) is 12.8 Å². The number of hydrogen-bond acceptors (Lipinski definition) is 3. The summed E-state index contributed by atoms with van der Waals surface area (Å²) in [6.45, 7) is 6.80. The Hall–Kier alpha value is -0.351. The third-order valence-electron chi connectivity index (χ3n) is 3.90. The molecule has 0 saturated carbocycles. The Morgan fingerprint density at radius 2 is 1.12 bits per heavy atom. The van der Waals surface area contributed by atoms with Gasteiger partial charge in [-0.2, -0.15) is 0 Å². The summed E-state index contributed by atoms with van der Waals surface area (Å²) in [5.74, 6) is -0.909. The Labute approximate surface area is 172 Å². The molecule has 152 valence electrons. The van der Waals surface area contributed by atoms with Gasteiger partial charge in [0.15, 0.2) is 0 Å². The van der Waals surface area contributed by atoms with E-state index in [9.17, 15) is 9.90 Å². The average Bonchev–Trinajstić information content (AvgIpc) is 2.61. The van der Waals surface area contributed by atoms with Crippen LogP contribution >= 0.6 is 0 Å². The molecule has 0 amide bonds. The van der Waals surface area contributed by atoms with Crippen molar-refractivity contribution in [3.63, 3.8) is 0 Å². The van der Waals surface area contributed by atoms with Crippen LogP contribution in [-0.4, -0.2) is 33.2 Å². The van der Waals surface area contributed by atoms with Crippen molar-refractivity contribution in [2.75, 3.05) is 0 Å². The van der Waals surface area contributed by atoms with E-state index in [1.165, 1.54) is 70.6 Å². The van der Waals surface area contributed by atoms with Crippen molar-refractivity contribution in [2.24, 2.45) is 0 Å². The van der Waals surface area contributed by atoms with Gasteiger partial charge in [0.1, 0.15) is 0 Å². The van der Waals surface area contributed by atoms with Gasteiger partial charge < -0.3 is 15.3 Å². The molecule has 4 nitrogen and oxygen atoms in total. The first-order valence-corrected chi connectivity index (χ1v) is 14.6. The topological polar surface area (TPSA) is 79.5 Å². The summed E-state index contributed by atoms with van der Waals surface area (Å²) in [4.78, 5) is 18.3. The van der Waals surface area contributed by atoms with E-state index in [-0.39, 0.29) is 27.6 Å². The van der Waals surface area contributed by atoms with Gasteiger partial charge in [-0.25, -0.2) is 0 Å². The monoisotopic (exact) mass is 475 g/mol. The largest absolute Gasteiger partial charge is 0.724 e. The van der Waals surface area contributed by atoms with Crippen LogP contribution in [0, 0.1) is 0 Å². The first-order valence-electron chi connectivity index (χ1n) is 10.5. The minimum Gasteiger partial charge on any atom is -0.724 e. The zero-order valence-corrected chi connectivity index (χ0v) is 20.3. The van der Waals surface area contributed by atoms with E-state index in [1.807, 2.05) is 0 Å². The van der Waals surface area contributed by atoms with Crippen LogP contribution in [0.5, 0.6) is 0 Å². The Bertz CT molecular complexity index is 287. The van der Waals surface area contributed by atoms with Gasteiger partial charge in [-0.15, -0.1) is 0 Å². The number of isocyanates is 1. The predicted octanol–water partition coefficient (Wildman–Crippen LogP) is 5.68. The Morgan fingerprint density at radius 3 is 1.46 bits per heavy atom. The third kappa shape index (κ3) is 43.8. The predicted molar refractivity (Wildman–Crippen MR) is 111 cm³/mol. The van der Waals surface area contributed by atoms with Crippen LogP contribution in [0.25, 0.3) is 5.41 Å². The fourth-order valence-electron chi connectivity index (χ4n) is 2.31. The van der Waals surface area contributed by atoms with Gasteiger partial charge in [0.05, 0.1) is 0 Å². The molecule has 0 aliphatic carbocycles. The van der Waals surface area contributed by atoms with Crippen LogP contribution < -0.4 is 5.11 Å². The van der Waals surface area contributed by atoms with Gasteiger partial charge in [-0.3, -0.25) is 4.79 Å². The number of rotatable bonds is 16. The van der Waals surface area contributed by atoms with Crippen LogP contribution in [0.15, 0.2) is 0 Å². The zero-order chi connectivity index (χ0) is 20.3. The van der Waals surface area contributed by atoms with Crippen LogP contribution in [-0.2, 0) is 9.59 Å². The Kier molecular flexibility index (Phi) is 37.8. The van der Waals surface area contributed by atoms with Crippen LogP contribution in [0.1, 0.15) is 111 Å². The van der Waals surface area contributed by atoms with Crippen molar-refractivity contribution in [3.8, 4) is 0 Å². The van der Waals surface area contributed by atoms with Gasteiger partial charge in [0.2, 0.25) is 0 Å². The van der Waals surface area contributed by atoms with Crippen molar-refractivity contribution in [3.05, 3.63) is 5.41 Å². The van der Waals surface area contributed by atoms with E-state index < -0.39 is 5.97 Å². The maximum Gasteiger partial charge on any atom is -0.0159 e. The number of carbonyl (C=O) groups is 1. The second-order valence-corrected chi connectivity index (χ2v) is 10.8. The number of hydrogen-bond donors (Lipinski definition) is 0. The fourth-order valence-corrected chi connectivity index (χ4v) is 6.47. The number of carboxylic acid groups (broad SMARTS) is 1. The normalized spacial score (nSPS) is 9.04. The summed E-state index contributed by atoms with van der Waals surface area (Å²) in [5, 5.41) is 16.9. The molecule has 0 aliphatic heterocycles. The van der Waals surface area contributed by atoms with Gasteiger partial charge in [0, 0.05) is 5.97 Å². The van der Waals surface area contributed by atoms with E-state index in [1.54, 1.807) is 8.87 Å². The van der Waals surface area contributed by atoms with Crippen LogP contribution in [0.3, 0.4) is 0 Å². The molecule has 0 N–H and O–H groups in total. The van der Waals surface area contributed by atoms with Crippen molar-refractivity contribution in [1.82, 2.24) is 0 Å². The van der Waals surface area contributed by atoms with Crippen molar-refractivity contribution >= 4 is 33.2 Å². The molecular weight excluding hydrogens is 433 g/mol. The standard InChI is InChI=1S/C12H24O2.2C4H9.CNO.Sn/c1-2-3-4-5-6-7-8-9-10-11-12(13)14;2*1-3-4-2;2-1-3;/h2-11H2,1H3,(H,13,14);2*1,3-4H2,2H3;;/q;;;-1;+2/p-1. The molecule has 0 radical (unpaired) electrons. The summed E-state index contributed by atoms with van der Waals surface area (Å²) in [7, 11) is 0. The maximum atomic E-state index is 10.1. The van der Waals surface area contributed by atoms with Crippen LogP contribution in [0.2, 0.25) is 8.87 Å². The second kappa shape index (κ2) is 32.3. The number of unbranched alkanes of at least 4 members (excludes halogenated alkanes) is 10. The van der Waals surface area contributed by atoms with Crippen LogP contribution in [0.4, 0.5) is 0 Å². The molecular formula is C21H41NO3Sn. The molecule has 0 aliphatic rings. The molecule has 5 heteroatoms. The number of carboxylic acids is 1. The van der Waals surface area contributed by atoms with E-state index in [0.29, 0.717) is 6.08 Å². The molecule has 26 heavy (non-hydrogen) atoms. The fraction of sp³-hybridized carbons (Fsp3) is 0.905. The van der Waals surface area contributed by atoms with Gasteiger partial charge in [-0.05, 0) is 18.9 Å². The molecule has 0 heterocycles. The Balaban J connectivity index is -0.000000377. The SMILES string of the molecule is CCCCCCCCCCCC(=O)[O-].CCC[CH2][Sn+2][CH2]CCC.[N-]=C=O. The minimum atomic E-state index is -0.909. The molecule has 0 spiro atoms. The molecule has 0 aromatic heterocycles. The van der Waals surface area contributed by atoms with Crippen molar-refractivity contribution < 1.29 is 14.7 Å². The van der Waals surface area contributed by atoms with Crippen molar-refractivity contribution in [1.29, 1.82) is 0 Å².